The van der Waals surface area contributed by atoms with E-state index in [1.165, 1.54) is 0 Å². The summed E-state index contributed by atoms with van der Waals surface area (Å²) in [5.41, 5.74) is 0. The van der Waals surface area contributed by atoms with E-state index in [2.05, 4.69) is 11.6 Å². The van der Waals surface area contributed by atoms with E-state index in [0.717, 1.165) is 0 Å². The Kier molecular flexibility index (Phi) is 2.80. The molecule has 0 aromatic rings. The quantitative estimate of drug-likeness (QED) is 0.366. The Bertz CT molecular complexity index is 96.7. The van der Waals surface area contributed by atoms with Gasteiger partial charge in [0.1, 0.15) is 0 Å². The fourth-order valence-corrected chi connectivity index (χ4v) is 1.10. The molecule has 0 saturated carbocycles. The van der Waals surface area contributed by atoms with Crippen LogP contribution in [0.2, 0.25) is 0 Å². The summed E-state index contributed by atoms with van der Waals surface area (Å²) in [6.07, 6.45) is -0.742. The molecular formula is C2H6ClO4P. The monoisotopic (exact) mass is 160 g/mol. The van der Waals surface area contributed by atoms with Gasteiger partial charge in [0.15, 0.2) is 0 Å². The molecule has 0 aliphatic heterocycles. The number of carbonyl (C=O) groups excluding carboxylic acids is 1. The topological polar surface area (TPSA) is 77.8 Å². The van der Waals surface area contributed by atoms with E-state index >= 15 is 0 Å². The number of rotatable bonds is 2. The molecule has 0 spiro atoms. The first-order valence-corrected chi connectivity index (χ1v) is 4.20. The van der Waals surface area contributed by atoms with Crippen LogP contribution in [0.1, 0.15) is 0 Å². The average Bonchev–Trinajstić information content (AvgIpc) is 1.21. The first kappa shape index (κ1) is 8.27. The van der Waals surface area contributed by atoms with Crippen LogP contribution in [0.15, 0.2) is 0 Å². The fraction of sp³-hybridized carbons (Fsp3) is 0.500. The summed E-state index contributed by atoms with van der Waals surface area (Å²) < 4.78 is 0. The van der Waals surface area contributed by atoms with Crippen molar-refractivity contribution < 1.29 is 19.5 Å². The maximum atomic E-state index is 9.78. The van der Waals surface area contributed by atoms with Crippen LogP contribution in [0, 0.1) is 0 Å². The molecule has 50 valence electrons. The van der Waals surface area contributed by atoms with Crippen LogP contribution in [-0.4, -0.2) is 26.1 Å². The summed E-state index contributed by atoms with van der Waals surface area (Å²) in [4.78, 5) is 34.2. The van der Waals surface area contributed by atoms with E-state index < -0.39 is 19.3 Å². The van der Waals surface area contributed by atoms with Gasteiger partial charge in [-0.2, -0.15) is 0 Å². The molecule has 0 rings (SSSR count). The predicted molar refractivity (Wildman–Crippen MR) is 30.7 cm³/mol. The molecule has 0 aromatic heterocycles. The first-order chi connectivity index (χ1) is 3.42. The van der Waals surface area contributed by atoms with Gasteiger partial charge in [-0.05, 0) is 0 Å². The van der Waals surface area contributed by atoms with Gasteiger partial charge < -0.3 is 0 Å². The average molecular weight is 160 g/mol. The molecule has 0 amide bonds. The molecule has 0 heterocycles. The number of hydrogen-bond donors (Lipinski definition) is 3. The van der Waals surface area contributed by atoms with E-state index in [9.17, 15) is 4.79 Å². The molecule has 0 unspecified atom stereocenters. The zero-order chi connectivity index (χ0) is 6.78. The third-order valence-corrected chi connectivity index (χ3v) is 1.53. The molecule has 0 aliphatic rings. The van der Waals surface area contributed by atoms with Crippen molar-refractivity contribution in [3.63, 3.8) is 0 Å². The van der Waals surface area contributed by atoms with Crippen LogP contribution >= 0.6 is 19.5 Å². The van der Waals surface area contributed by atoms with Crippen LogP contribution in [0.5, 0.6) is 0 Å². The molecule has 4 nitrogen and oxygen atoms in total. The summed E-state index contributed by atoms with van der Waals surface area (Å²) in [6, 6.07) is 0. The summed E-state index contributed by atoms with van der Waals surface area (Å²) in [5, 5.41) is -0.941. The molecule has 0 saturated heterocycles. The molecule has 3 N–H and O–H groups in total. The first-order valence-electron chi connectivity index (χ1n) is 1.77. The van der Waals surface area contributed by atoms with Crippen molar-refractivity contribution in [2.75, 3.05) is 6.16 Å². The number of carbonyl (C=O) groups is 1. The van der Waals surface area contributed by atoms with Gasteiger partial charge in [0.25, 0.3) is 0 Å². The van der Waals surface area contributed by atoms with Gasteiger partial charge in [0, 0.05) is 0 Å². The van der Waals surface area contributed by atoms with Crippen molar-refractivity contribution in [1.29, 1.82) is 0 Å². The summed E-state index contributed by atoms with van der Waals surface area (Å²) >= 11 is 4.68. The van der Waals surface area contributed by atoms with Crippen molar-refractivity contribution >= 4 is 24.8 Å². The van der Waals surface area contributed by atoms with Gasteiger partial charge in [-0.1, -0.05) is 0 Å². The minimum atomic E-state index is -4.20. The van der Waals surface area contributed by atoms with Gasteiger partial charge in [0.2, 0.25) is 0 Å². The number of hydrogen-bond acceptors (Lipinski definition) is 4. The Morgan fingerprint density at radius 1 is 1.50 bits per heavy atom. The molecule has 8 heavy (non-hydrogen) atoms. The second-order valence-electron chi connectivity index (χ2n) is 1.31. The molecule has 0 aromatic carbocycles. The van der Waals surface area contributed by atoms with Crippen molar-refractivity contribution in [2.24, 2.45) is 0 Å². The Hall–Kier alpha value is 0.270. The summed E-state index contributed by atoms with van der Waals surface area (Å²) in [5.74, 6) is 0. The summed E-state index contributed by atoms with van der Waals surface area (Å²) in [6.45, 7) is 0. The Balaban J connectivity index is 3.55. The molecular weight excluding hydrogens is 154 g/mol. The standard InChI is InChI=1S/C2H6ClO4P/c3-2(4)1-8(5,6)7/h5-8H,1H2. The van der Waals surface area contributed by atoms with Gasteiger partial charge in [-0.15, -0.1) is 0 Å². The Morgan fingerprint density at radius 2 is 1.88 bits per heavy atom. The van der Waals surface area contributed by atoms with Crippen LogP contribution in [0.4, 0.5) is 0 Å². The predicted octanol–water partition coefficient (Wildman–Crippen LogP) is -0.776. The van der Waals surface area contributed by atoms with Crippen molar-refractivity contribution in [3.05, 3.63) is 0 Å². The van der Waals surface area contributed by atoms with Gasteiger partial charge in [0.05, 0.1) is 0 Å². The van der Waals surface area contributed by atoms with Crippen molar-refractivity contribution in [3.8, 4) is 0 Å². The zero-order valence-electron chi connectivity index (χ0n) is 3.83. The molecule has 0 aliphatic carbocycles. The van der Waals surface area contributed by atoms with Gasteiger partial charge in [-0.25, -0.2) is 0 Å². The van der Waals surface area contributed by atoms with Crippen molar-refractivity contribution in [2.45, 2.75) is 0 Å². The van der Waals surface area contributed by atoms with Crippen LogP contribution in [-0.2, 0) is 4.79 Å². The van der Waals surface area contributed by atoms with Crippen LogP contribution < -0.4 is 0 Å². The van der Waals surface area contributed by atoms with E-state index in [1.54, 1.807) is 0 Å². The van der Waals surface area contributed by atoms with E-state index in [-0.39, 0.29) is 0 Å². The Labute approximate surface area is 51.3 Å². The van der Waals surface area contributed by atoms with Crippen LogP contribution in [0.25, 0.3) is 0 Å². The second-order valence-corrected chi connectivity index (χ2v) is 3.63. The minimum absolute atomic E-state index is 0.742. The van der Waals surface area contributed by atoms with Gasteiger partial charge in [-0.3, -0.25) is 0 Å². The summed E-state index contributed by atoms with van der Waals surface area (Å²) in [7, 11) is -4.20. The van der Waals surface area contributed by atoms with E-state index in [4.69, 9.17) is 14.7 Å². The Morgan fingerprint density at radius 3 is 1.88 bits per heavy atom. The van der Waals surface area contributed by atoms with E-state index in [1.807, 2.05) is 0 Å². The maximum absolute atomic E-state index is 9.78. The van der Waals surface area contributed by atoms with Crippen molar-refractivity contribution in [1.82, 2.24) is 0 Å². The molecule has 0 atom stereocenters. The third-order valence-electron chi connectivity index (χ3n) is 0.376. The fourth-order valence-electron chi connectivity index (χ4n) is 0.186. The normalized spacial score (nSPS) is 13.5. The van der Waals surface area contributed by atoms with E-state index in [0.29, 0.717) is 0 Å². The molecule has 0 radical (unpaired) electrons. The van der Waals surface area contributed by atoms with Gasteiger partial charge >= 0.3 is 50.4 Å². The SMILES string of the molecule is O=C(Cl)C[PH](O)(O)O. The molecule has 0 bridgehead atoms. The molecule has 0 fully saturated rings. The third kappa shape index (κ3) is 6.27. The second kappa shape index (κ2) is 2.71. The molecule has 6 heteroatoms. The zero-order valence-corrected chi connectivity index (χ0v) is 5.59. The van der Waals surface area contributed by atoms with Crippen LogP contribution in [0.3, 0.4) is 0 Å². The number of halogens is 1.